The summed E-state index contributed by atoms with van der Waals surface area (Å²) >= 11 is 5.02. The molecule has 30 heavy (non-hydrogen) atoms. The van der Waals surface area contributed by atoms with Gasteiger partial charge in [0.15, 0.2) is 0 Å². The Morgan fingerprint density at radius 3 is 2.33 bits per heavy atom. The van der Waals surface area contributed by atoms with Gasteiger partial charge in [0.2, 0.25) is 11.8 Å². The number of hydrogen-bond donors (Lipinski definition) is 1. The van der Waals surface area contributed by atoms with E-state index >= 15 is 0 Å². The number of halogens is 1. The zero-order chi connectivity index (χ0) is 21.9. The quantitative estimate of drug-likeness (QED) is 0.433. The van der Waals surface area contributed by atoms with Crippen LogP contribution in [0.5, 0.6) is 0 Å². The van der Waals surface area contributed by atoms with Gasteiger partial charge >= 0.3 is 0 Å². The molecule has 0 aliphatic carbocycles. The Bertz CT molecular complexity index is 809. The van der Waals surface area contributed by atoms with Gasteiger partial charge in [-0.2, -0.15) is 0 Å². The van der Waals surface area contributed by atoms with Crippen LogP contribution in [-0.4, -0.2) is 35.1 Å². The Kier molecular flexibility index (Phi) is 10.4. The minimum absolute atomic E-state index is 0.0202. The van der Waals surface area contributed by atoms with Gasteiger partial charge in [-0.25, -0.2) is 0 Å². The summed E-state index contributed by atoms with van der Waals surface area (Å²) in [5, 5.41) is 2.95. The smallest absolute Gasteiger partial charge is 0.242 e. The average molecular weight is 491 g/mol. The number of nitrogens with one attached hydrogen (secondary N) is 1. The third-order valence-electron chi connectivity index (χ3n) is 4.88. The van der Waals surface area contributed by atoms with Gasteiger partial charge in [0, 0.05) is 23.3 Å². The predicted octanol–water partition coefficient (Wildman–Crippen LogP) is 5.32. The number of carbonyl (C=O) groups excluding carboxylic acids is 2. The van der Waals surface area contributed by atoms with Crippen LogP contribution in [0.25, 0.3) is 0 Å². The molecule has 0 heterocycles. The van der Waals surface area contributed by atoms with Gasteiger partial charge in [-0.3, -0.25) is 9.59 Å². The standard InChI is InChI=1S/C24H31BrN2O2S/c1-4-5-14-26-24(29)19(3)27(15-20-10-12-22(25)13-11-20)23(28)17-30-16-21-8-6-18(2)7-9-21/h6-13,19H,4-5,14-17H2,1-3H3,(H,26,29)/t19-/m0/s1. The first-order valence-corrected chi connectivity index (χ1v) is 12.3. The number of amides is 2. The molecule has 1 N–H and O–H groups in total. The van der Waals surface area contributed by atoms with E-state index in [1.54, 1.807) is 16.7 Å². The molecule has 6 heteroatoms. The lowest BCUT2D eigenvalue weighted by atomic mass is 10.1. The largest absolute Gasteiger partial charge is 0.354 e. The fourth-order valence-corrected chi connectivity index (χ4v) is 4.06. The fourth-order valence-electron chi connectivity index (χ4n) is 2.93. The van der Waals surface area contributed by atoms with Gasteiger partial charge in [-0.1, -0.05) is 71.2 Å². The summed E-state index contributed by atoms with van der Waals surface area (Å²) in [6, 6.07) is 15.7. The van der Waals surface area contributed by atoms with E-state index < -0.39 is 6.04 Å². The molecule has 0 bridgehead atoms. The van der Waals surface area contributed by atoms with Gasteiger partial charge < -0.3 is 10.2 Å². The van der Waals surface area contributed by atoms with Crippen molar-refractivity contribution in [1.82, 2.24) is 10.2 Å². The zero-order valence-corrected chi connectivity index (χ0v) is 20.4. The molecule has 2 aromatic carbocycles. The van der Waals surface area contributed by atoms with Crippen LogP contribution in [0.15, 0.2) is 53.0 Å². The molecule has 4 nitrogen and oxygen atoms in total. The molecule has 1 atom stereocenters. The highest BCUT2D eigenvalue weighted by molar-refractivity contribution is 9.10. The number of thioether (sulfide) groups is 1. The van der Waals surface area contributed by atoms with E-state index in [-0.39, 0.29) is 11.8 Å². The van der Waals surface area contributed by atoms with E-state index in [0.29, 0.717) is 18.8 Å². The minimum Gasteiger partial charge on any atom is -0.354 e. The summed E-state index contributed by atoms with van der Waals surface area (Å²) < 4.78 is 0.989. The topological polar surface area (TPSA) is 49.4 Å². The van der Waals surface area contributed by atoms with E-state index in [9.17, 15) is 9.59 Å². The SMILES string of the molecule is CCCCNC(=O)[C@H](C)N(Cc1ccc(Br)cc1)C(=O)CSCc1ccc(C)cc1. The van der Waals surface area contributed by atoms with Crippen molar-refractivity contribution in [2.75, 3.05) is 12.3 Å². The Morgan fingerprint density at radius 2 is 1.70 bits per heavy atom. The van der Waals surface area contributed by atoms with E-state index in [2.05, 4.69) is 59.4 Å². The molecule has 0 saturated heterocycles. The summed E-state index contributed by atoms with van der Waals surface area (Å²) in [6.07, 6.45) is 1.96. The Balaban J connectivity index is 2.02. The van der Waals surface area contributed by atoms with Crippen molar-refractivity contribution in [3.8, 4) is 0 Å². The van der Waals surface area contributed by atoms with E-state index in [4.69, 9.17) is 0 Å². The fraction of sp³-hybridized carbons (Fsp3) is 0.417. The molecular weight excluding hydrogens is 460 g/mol. The maximum atomic E-state index is 13.1. The molecular formula is C24H31BrN2O2S. The molecule has 0 fully saturated rings. The highest BCUT2D eigenvalue weighted by Gasteiger charge is 2.25. The first-order chi connectivity index (χ1) is 14.4. The predicted molar refractivity (Wildman–Crippen MR) is 129 cm³/mol. The second-order valence-corrected chi connectivity index (χ2v) is 9.35. The third-order valence-corrected chi connectivity index (χ3v) is 6.40. The number of benzene rings is 2. The Hall–Kier alpha value is -1.79. The van der Waals surface area contributed by atoms with Crippen LogP contribution in [0.2, 0.25) is 0 Å². The van der Waals surface area contributed by atoms with Crippen molar-refractivity contribution in [2.24, 2.45) is 0 Å². The number of rotatable bonds is 11. The first-order valence-electron chi connectivity index (χ1n) is 10.4. The van der Waals surface area contributed by atoms with Gasteiger partial charge in [0.05, 0.1) is 5.75 Å². The highest BCUT2D eigenvalue weighted by Crippen LogP contribution is 2.18. The van der Waals surface area contributed by atoms with E-state index in [1.807, 2.05) is 31.2 Å². The van der Waals surface area contributed by atoms with Crippen molar-refractivity contribution < 1.29 is 9.59 Å². The lowest BCUT2D eigenvalue weighted by molar-refractivity contribution is -0.138. The molecule has 0 saturated carbocycles. The lowest BCUT2D eigenvalue weighted by Crippen LogP contribution is -2.48. The summed E-state index contributed by atoms with van der Waals surface area (Å²) in [4.78, 5) is 27.4. The maximum Gasteiger partial charge on any atom is 0.242 e. The van der Waals surface area contributed by atoms with Crippen molar-refractivity contribution in [3.05, 3.63) is 69.7 Å². The van der Waals surface area contributed by atoms with Gasteiger partial charge in [0.25, 0.3) is 0 Å². The zero-order valence-electron chi connectivity index (χ0n) is 18.0. The molecule has 0 aromatic heterocycles. The summed E-state index contributed by atoms with van der Waals surface area (Å²) in [7, 11) is 0. The molecule has 0 spiro atoms. The molecule has 162 valence electrons. The molecule has 0 unspecified atom stereocenters. The highest BCUT2D eigenvalue weighted by atomic mass is 79.9. The van der Waals surface area contributed by atoms with E-state index in [1.165, 1.54) is 11.1 Å². The average Bonchev–Trinajstić information content (AvgIpc) is 2.74. The molecule has 2 amide bonds. The van der Waals surface area contributed by atoms with E-state index in [0.717, 1.165) is 28.6 Å². The second-order valence-electron chi connectivity index (χ2n) is 7.45. The molecule has 2 aromatic rings. The van der Waals surface area contributed by atoms with Crippen LogP contribution < -0.4 is 5.32 Å². The Morgan fingerprint density at radius 1 is 1.07 bits per heavy atom. The van der Waals surface area contributed by atoms with Crippen LogP contribution in [0.1, 0.15) is 43.4 Å². The summed E-state index contributed by atoms with van der Waals surface area (Å²) in [6.45, 7) is 7.02. The molecule has 0 radical (unpaired) electrons. The number of hydrogen-bond acceptors (Lipinski definition) is 3. The van der Waals surface area contributed by atoms with Crippen LogP contribution in [0.3, 0.4) is 0 Å². The van der Waals surface area contributed by atoms with Crippen LogP contribution in [0, 0.1) is 6.92 Å². The Labute approximate surface area is 192 Å². The van der Waals surface area contributed by atoms with Gasteiger partial charge in [-0.15, -0.1) is 11.8 Å². The molecule has 0 aliphatic rings. The maximum absolute atomic E-state index is 13.1. The minimum atomic E-state index is -0.516. The van der Waals surface area contributed by atoms with Crippen molar-refractivity contribution in [3.63, 3.8) is 0 Å². The number of unbranched alkanes of at least 4 members (excludes halogenated alkanes) is 1. The molecule has 2 rings (SSSR count). The molecule has 0 aliphatic heterocycles. The number of aryl methyl sites for hydroxylation is 1. The van der Waals surface area contributed by atoms with Gasteiger partial charge in [0.1, 0.15) is 6.04 Å². The number of nitrogens with zero attached hydrogens (tertiary/aromatic N) is 1. The van der Waals surface area contributed by atoms with Crippen LogP contribution >= 0.6 is 27.7 Å². The number of carbonyl (C=O) groups is 2. The van der Waals surface area contributed by atoms with Crippen molar-refractivity contribution in [2.45, 2.75) is 52.0 Å². The summed E-state index contributed by atoms with van der Waals surface area (Å²) in [5.74, 6) is 0.997. The van der Waals surface area contributed by atoms with Gasteiger partial charge in [-0.05, 0) is 43.5 Å². The van der Waals surface area contributed by atoms with Crippen molar-refractivity contribution >= 4 is 39.5 Å². The monoisotopic (exact) mass is 490 g/mol. The summed E-state index contributed by atoms with van der Waals surface area (Å²) in [5.41, 5.74) is 3.43. The first kappa shape index (κ1) is 24.5. The normalized spacial score (nSPS) is 11.7. The second kappa shape index (κ2) is 12.8. The van der Waals surface area contributed by atoms with Crippen LogP contribution in [-0.2, 0) is 21.9 Å². The van der Waals surface area contributed by atoms with Crippen molar-refractivity contribution in [1.29, 1.82) is 0 Å². The third kappa shape index (κ3) is 8.15. The van der Waals surface area contributed by atoms with Crippen LogP contribution in [0.4, 0.5) is 0 Å². The lowest BCUT2D eigenvalue weighted by Gasteiger charge is -2.29.